The molecule has 0 radical (unpaired) electrons. The number of phenols is 1. The van der Waals surface area contributed by atoms with E-state index in [0.29, 0.717) is 156 Å². The van der Waals surface area contributed by atoms with E-state index in [-0.39, 0.29) is 150 Å². The number of nitrogens with zero attached hydrogens (tertiary/aromatic N) is 3. The fourth-order valence-electron chi connectivity index (χ4n) is 21.3. The number of carbonyl (C=O) groups excluding carboxylic acids is 10. The number of likely N-dealkylation sites (N-methyl/N-ethyl adjacent to an activating group) is 1. The molecular weight excluding hydrogens is 1760 g/mol. The Bertz CT molecular complexity index is 4320. The average Bonchev–Trinajstić information content (AvgIpc) is 1.15. The van der Waals surface area contributed by atoms with Gasteiger partial charge in [0.2, 0.25) is 47.3 Å². The van der Waals surface area contributed by atoms with Crippen LogP contribution in [0, 0.1) is 34.5 Å². The second-order valence-corrected chi connectivity index (χ2v) is 40.4. The predicted octanol–water partition coefficient (Wildman–Crippen LogP) is 6.88. The number of hydrogen-bond acceptors (Lipinski definition) is 27. The van der Waals surface area contributed by atoms with E-state index in [1.807, 2.05) is 61.2 Å². The number of Topliss-reactive ketones (excluding diaryl/α,β-unsaturated/α-hetero) is 1. The van der Waals surface area contributed by atoms with Gasteiger partial charge in [-0.1, -0.05) is 92.2 Å². The summed E-state index contributed by atoms with van der Waals surface area (Å²) in [5.41, 5.74) is 24.8. The van der Waals surface area contributed by atoms with Crippen molar-refractivity contribution in [1.82, 2.24) is 69.2 Å². The number of allylic oxidation sites excluding steroid dienone is 2. The lowest BCUT2D eigenvalue weighted by Gasteiger charge is -2.56. The van der Waals surface area contributed by atoms with E-state index in [0.717, 1.165) is 147 Å². The molecule has 0 saturated heterocycles. The van der Waals surface area contributed by atoms with Gasteiger partial charge in [-0.25, -0.2) is 4.79 Å². The molecule has 2 aliphatic heterocycles. The third-order valence-corrected chi connectivity index (χ3v) is 28.9. The van der Waals surface area contributed by atoms with E-state index < -0.39 is 69.7 Å². The summed E-state index contributed by atoms with van der Waals surface area (Å²) in [6.07, 6.45) is 17.5. The van der Waals surface area contributed by atoms with Gasteiger partial charge < -0.3 is 111 Å². The Hall–Kier alpha value is -8.70. The molecule has 2 fully saturated rings. The van der Waals surface area contributed by atoms with Crippen LogP contribution in [0.25, 0.3) is 0 Å². The molecule has 8 aliphatic rings. The molecule has 15 N–H and O–H groups in total. The van der Waals surface area contributed by atoms with Crippen LogP contribution in [0.1, 0.15) is 231 Å². The summed E-state index contributed by atoms with van der Waals surface area (Å²) in [7, 11) is 8.20. The minimum atomic E-state index is -1.13. The van der Waals surface area contributed by atoms with Gasteiger partial charge in [-0.3, -0.25) is 58.5 Å². The number of aromatic hydroxyl groups is 1. The number of rotatable bonds is 59. The zero-order chi connectivity index (χ0) is 98.4. The molecule has 2 aromatic carbocycles. The number of hydrazine groups is 4. The molecule has 0 spiro atoms. The molecule has 11 atom stereocenters. The SMILES string of the molecule is CC(C)[C@H](NC(=O)[C@@H](CCCCNC(=O)COC1CCCCCC2=C1NNN2CCOCCOCCOCCOCCC(=O)NCC[N+](C)(C)C)NC(=O)CCOCCOCCOCCOCCNC(=O)COC1CCCCCC2=C1NNN2C)C(=O)C[C@@H](CCCNC(N)=O)C(=O)Nc1ccc2c(c1)[C@@]1(C)CCC[C@](C)(C(=O)NC(=O)[C@@]3(C)CCC[C@]4(C)c5cc(O)ccc5CC[C@@H]34)[C@@H]1CC2. The Morgan fingerprint density at radius 2 is 1.01 bits per heavy atom. The van der Waals surface area contributed by atoms with Crippen LogP contribution in [0.15, 0.2) is 59.2 Å². The molecule has 10 rings (SSSR count). The van der Waals surface area contributed by atoms with Crippen LogP contribution >= 0.6 is 0 Å². The molecule has 2 unspecified atom stereocenters. The maximum absolute atomic E-state index is 15.1. The van der Waals surface area contributed by atoms with Crippen LogP contribution < -0.4 is 70.2 Å². The Kier molecular flexibility index (Phi) is 44.7. The first kappa shape index (κ1) is 110. The van der Waals surface area contributed by atoms with Crippen molar-refractivity contribution in [1.29, 1.82) is 0 Å². The summed E-state index contributed by atoms with van der Waals surface area (Å²) in [4.78, 5) is 139. The molecule has 0 aromatic heterocycles. The zero-order valence-corrected chi connectivity index (χ0v) is 83.4. The third-order valence-electron chi connectivity index (χ3n) is 28.9. The number of aryl methyl sites for hydroxylation is 2. The van der Waals surface area contributed by atoms with Gasteiger partial charge >= 0.3 is 6.03 Å². The maximum atomic E-state index is 15.1. The molecule has 37 nitrogen and oxygen atoms in total. The number of nitrogens with two attached hydrogens (primary N) is 1. The van der Waals surface area contributed by atoms with Gasteiger partial charge in [0.1, 0.15) is 37.2 Å². The second-order valence-electron chi connectivity index (χ2n) is 40.4. The van der Waals surface area contributed by atoms with E-state index in [2.05, 4.69) is 99.4 Å². The quantitative estimate of drug-likeness (QED) is 0.0182. The largest absolute Gasteiger partial charge is 0.508 e. The highest BCUT2D eigenvalue weighted by atomic mass is 16.6. The lowest BCUT2D eigenvalue weighted by atomic mass is 9.49. The van der Waals surface area contributed by atoms with E-state index in [1.165, 1.54) is 5.56 Å². The number of ether oxygens (including phenoxy) is 10. The molecule has 10 amide bonds. The summed E-state index contributed by atoms with van der Waals surface area (Å²) in [5, 5.41) is 38.0. The number of primary amides is 1. The van der Waals surface area contributed by atoms with E-state index in [4.69, 9.17) is 53.1 Å². The van der Waals surface area contributed by atoms with Crippen molar-refractivity contribution in [2.24, 2.45) is 40.2 Å². The standard InChI is InChI=1S/C100H162N16O21/c1-69(2)89(80(118)64-72(22-19-43-105-96(101)127)92(123)106-73-32-28-70-30-34-83-97(3,75(70)65-73)38-20-40-99(83,5)94(125)109-95(126)100(6)41-21-39-98(4)76-66-74(117)33-29-71(76)31-35-84(98)100)108-93(124)77(107-86(120)37-49-129-53-57-133-60-62-134-58-54-130-50-45-104-88(122)68-136-81-26-15-11-13-24-78-90(81)110-112-114(78)7)23-17-18-42-102-87(121)67-137-82-27-16-12-14-25-79-91(82)111-113-115(79)46-51-131-55-59-135-63-61-132-56-52-128-48-36-85(119)103-44-47-116(8,9)10/h28-29,32-33,65-66,69,72,77,81-84,89,110-113H,11-27,30-31,34-64,67-68H2,1-10H3,(H10-,101,102,103,104,105,106,107,108,109,117,119,120,121,122,123,124,125,126,127)/p+1/t72-,77-,81?,82?,83-,84-,89+,97-,98-,99+,100+/m1/s1. The number of ketones is 1. The molecule has 37 heteroatoms. The smallest absolute Gasteiger partial charge is 0.312 e. The number of fused-ring (bicyclic) bond motifs is 6. The van der Waals surface area contributed by atoms with Crippen molar-refractivity contribution >= 4 is 64.8 Å². The molecular formula is C100H163N16O21+. The number of quaternary nitrogens is 1. The van der Waals surface area contributed by atoms with E-state index >= 15 is 4.79 Å². The minimum Gasteiger partial charge on any atom is -0.508 e. The molecule has 2 aromatic rings. The van der Waals surface area contributed by atoms with Gasteiger partial charge in [-0.15, -0.1) is 11.1 Å². The summed E-state index contributed by atoms with van der Waals surface area (Å²) >= 11 is 0. The molecule has 2 saturated carbocycles. The monoisotopic (exact) mass is 1920 g/mol. The van der Waals surface area contributed by atoms with Crippen molar-refractivity contribution in [3.05, 3.63) is 81.4 Å². The highest BCUT2D eigenvalue weighted by molar-refractivity contribution is 6.01. The van der Waals surface area contributed by atoms with Crippen molar-refractivity contribution in [3.63, 3.8) is 0 Å². The van der Waals surface area contributed by atoms with Gasteiger partial charge in [0.05, 0.1) is 186 Å². The highest BCUT2D eigenvalue weighted by Crippen LogP contribution is 2.60. The number of carbonyl (C=O) groups is 10. The number of unbranched alkanes of at least 4 members (excludes halogenated alkanes) is 1. The van der Waals surface area contributed by atoms with Crippen molar-refractivity contribution in [3.8, 4) is 5.75 Å². The number of imide groups is 1. The van der Waals surface area contributed by atoms with Gasteiger partial charge in [0, 0.05) is 57.5 Å². The lowest BCUT2D eigenvalue weighted by Crippen LogP contribution is -2.60. The summed E-state index contributed by atoms with van der Waals surface area (Å²) in [5.74, 6) is -4.45. The van der Waals surface area contributed by atoms with Crippen LogP contribution in [0.4, 0.5) is 10.5 Å². The maximum Gasteiger partial charge on any atom is 0.312 e. The highest BCUT2D eigenvalue weighted by Gasteiger charge is 2.59. The van der Waals surface area contributed by atoms with Gasteiger partial charge in [-0.05, 0) is 197 Å². The predicted molar refractivity (Wildman–Crippen MR) is 515 cm³/mol. The Labute approximate surface area is 810 Å². The second kappa shape index (κ2) is 55.5. The summed E-state index contributed by atoms with van der Waals surface area (Å²) < 4.78 is 58.8. The Morgan fingerprint density at radius 3 is 1.58 bits per heavy atom. The number of benzene rings is 2. The van der Waals surface area contributed by atoms with Crippen LogP contribution in [-0.4, -0.2) is 289 Å². The normalized spacial score (nSPS) is 23.1. The average molecular weight is 1930 g/mol. The number of urea groups is 1. The van der Waals surface area contributed by atoms with Crippen molar-refractivity contribution in [2.45, 2.75) is 256 Å². The van der Waals surface area contributed by atoms with E-state index in [1.54, 1.807) is 19.9 Å². The number of amides is 10. The third kappa shape index (κ3) is 33.5. The summed E-state index contributed by atoms with van der Waals surface area (Å²) in [6, 6.07) is 8.49. The first-order valence-electron chi connectivity index (χ1n) is 50.5. The fourth-order valence-corrected chi connectivity index (χ4v) is 21.3. The molecule has 2 heterocycles. The number of anilines is 1. The lowest BCUT2D eigenvalue weighted by molar-refractivity contribution is -0.869. The Balaban J connectivity index is 0.688. The van der Waals surface area contributed by atoms with Crippen LogP contribution in [-0.2, 0) is 114 Å². The zero-order valence-electron chi connectivity index (χ0n) is 83.4. The van der Waals surface area contributed by atoms with E-state index in [9.17, 15) is 48.3 Å². The van der Waals surface area contributed by atoms with Gasteiger partial charge in [-0.2, -0.15) is 0 Å². The topological polar surface area (TPSA) is 460 Å². The van der Waals surface area contributed by atoms with Crippen molar-refractivity contribution < 1.29 is 105 Å². The van der Waals surface area contributed by atoms with Crippen LogP contribution in [0.2, 0.25) is 0 Å². The molecule has 6 aliphatic carbocycles. The van der Waals surface area contributed by atoms with Gasteiger partial charge in [0.15, 0.2) is 5.78 Å². The number of phenolic OH excluding ortho intramolecular Hbond substituents is 1. The number of hydrogen-bond donors (Lipinski definition) is 14. The van der Waals surface area contributed by atoms with Crippen molar-refractivity contribution in [2.75, 3.05) is 192 Å². The summed E-state index contributed by atoms with van der Waals surface area (Å²) in [6.45, 7) is 19.6. The molecule has 0 bridgehead atoms. The Morgan fingerprint density at radius 1 is 0.504 bits per heavy atom. The minimum absolute atomic E-state index is 0.00599. The first-order chi connectivity index (χ1) is 65.8. The number of nitrogens with one attached hydrogen (secondary N) is 12. The molecule has 137 heavy (non-hydrogen) atoms. The van der Waals surface area contributed by atoms with Crippen LogP contribution in [0.3, 0.4) is 0 Å². The first-order valence-corrected chi connectivity index (χ1v) is 50.5. The fraction of sp³-hybridized carbons (Fsp3) is 0.740. The van der Waals surface area contributed by atoms with Gasteiger partial charge in [0.25, 0.3) is 0 Å². The molecule has 768 valence electrons. The van der Waals surface area contributed by atoms with Crippen LogP contribution in [0.5, 0.6) is 5.75 Å².